The molecule has 2 fully saturated rings. The highest BCUT2D eigenvalue weighted by Gasteiger charge is 2.36. The van der Waals surface area contributed by atoms with Crippen LogP contribution in [0.15, 0.2) is 0 Å². The van der Waals surface area contributed by atoms with Gasteiger partial charge in [-0.05, 0) is 39.7 Å². The Morgan fingerprint density at radius 2 is 2.25 bits per heavy atom. The summed E-state index contributed by atoms with van der Waals surface area (Å²) in [6, 6.07) is 0. The lowest BCUT2D eigenvalue weighted by Crippen LogP contribution is -2.54. The summed E-state index contributed by atoms with van der Waals surface area (Å²) in [5.74, 6) is 0.186. The number of hydrogen-bond acceptors (Lipinski definition) is 3. The number of nitrogens with zero attached hydrogens (tertiary/aromatic N) is 1. The van der Waals surface area contributed by atoms with Crippen molar-refractivity contribution in [1.82, 2.24) is 10.2 Å². The number of carbonyl (C=O) groups excluding carboxylic acids is 1. The summed E-state index contributed by atoms with van der Waals surface area (Å²) < 4.78 is 5.49. The fourth-order valence-corrected chi connectivity index (χ4v) is 2.51. The SMILES string of the molecule is CC1(C)CNCCCN1C(=O)C1CCCO1. The second-order valence-electron chi connectivity index (χ2n) is 5.33. The molecule has 1 N–H and O–H groups in total. The normalized spacial score (nSPS) is 30.1. The molecule has 1 amide bonds. The summed E-state index contributed by atoms with van der Waals surface area (Å²) in [5, 5.41) is 3.38. The average Bonchev–Trinajstić information content (AvgIpc) is 2.69. The third kappa shape index (κ3) is 2.38. The molecule has 2 aliphatic rings. The Balaban J connectivity index is 2.06. The van der Waals surface area contributed by atoms with Crippen molar-refractivity contribution in [2.75, 3.05) is 26.2 Å². The Morgan fingerprint density at radius 1 is 1.44 bits per heavy atom. The molecular formula is C12H22N2O2. The first kappa shape index (κ1) is 11.9. The van der Waals surface area contributed by atoms with Crippen molar-refractivity contribution < 1.29 is 9.53 Å². The van der Waals surface area contributed by atoms with E-state index in [9.17, 15) is 4.79 Å². The van der Waals surface area contributed by atoms with Crippen molar-refractivity contribution in [3.63, 3.8) is 0 Å². The first-order chi connectivity index (χ1) is 7.61. The van der Waals surface area contributed by atoms with Crippen molar-refractivity contribution in [1.29, 1.82) is 0 Å². The highest BCUT2D eigenvalue weighted by Crippen LogP contribution is 2.22. The molecule has 0 spiro atoms. The van der Waals surface area contributed by atoms with Gasteiger partial charge >= 0.3 is 0 Å². The molecular weight excluding hydrogens is 204 g/mol. The molecule has 2 heterocycles. The van der Waals surface area contributed by atoms with Crippen LogP contribution in [0.1, 0.15) is 33.1 Å². The third-order valence-corrected chi connectivity index (χ3v) is 3.49. The summed E-state index contributed by atoms with van der Waals surface area (Å²) in [4.78, 5) is 14.3. The molecule has 0 aromatic carbocycles. The van der Waals surface area contributed by atoms with Gasteiger partial charge < -0.3 is 15.0 Å². The van der Waals surface area contributed by atoms with Gasteiger partial charge in [-0.2, -0.15) is 0 Å². The molecule has 2 rings (SSSR count). The largest absolute Gasteiger partial charge is 0.368 e. The van der Waals surface area contributed by atoms with E-state index >= 15 is 0 Å². The molecule has 0 aromatic rings. The molecule has 0 aromatic heterocycles. The number of carbonyl (C=O) groups is 1. The Morgan fingerprint density at radius 3 is 2.94 bits per heavy atom. The van der Waals surface area contributed by atoms with E-state index in [1.807, 2.05) is 4.90 Å². The van der Waals surface area contributed by atoms with Gasteiger partial charge in [-0.1, -0.05) is 0 Å². The molecule has 4 nitrogen and oxygen atoms in total. The van der Waals surface area contributed by atoms with Gasteiger partial charge in [-0.15, -0.1) is 0 Å². The van der Waals surface area contributed by atoms with Gasteiger partial charge in [0.25, 0.3) is 5.91 Å². The van der Waals surface area contributed by atoms with E-state index in [4.69, 9.17) is 4.74 Å². The van der Waals surface area contributed by atoms with E-state index in [0.29, 0.717) is 0 Å². The quantitative estimate of drug-likeness (QED) is 0.718. The minimum Gasteiger partial charge on any atom is -0.368 e. The van der Waals surface area contributed by atoms with E-state index < -0.39 is 0 Å². The standard InChI is InChI=1S/C12H22N2O2/c1-12(2)9-13-6-4-7-14(12)11(15)10-5-3-8-16-10/h10,13H,3-9H2,1-2H3. The van der Waals surface area contributed by atoms with Gasteiger partial charge in [0.15, 0.2) is 0 Å². The highest BCUT2D eigenvalue weighted by atomic mass is 16.5. The van der Waals surface area contributed by atoms with E-state index in [0.717, 1.165) is 45.5 Å². The van der Waals surface area contributed by atoms with Crippen LogP contribution in [-0.2, 0) is 9.53 Å². The van der Waals surface area contributed by atoms with Crippen LogP contribution in [0, 0.1) is 0 Å². The molecule has 1 unspecified atom stereocenters. The van der Waals surface area contributed by atoms with Crippen LogP contribution in [0.4, 0.5) is 0 Å². The van der Waals surface area contributed by atoms with E-state index in [-0.39, 0.29) is 17.6 Å². The second kappa shape index (κ2) is 4.72. The van der Waals surface area contributed by atoms with Crippen molar-refractivity contribution in [3.8, 4) is 0 Å². The van der Waals surface area contributed by atoms with Crippen LogP contribution in [0.3, 0.4) is 0 Å². The summed E-state index contributed by atoms with van der Waals surface area (Å²) in [6.07, 6.45) is 2.75. The van der Waals surface area contributed by atoms with Crippen LogP contribution in [0.25, 0.3) is 0 Å². The molecule has 0 aliphatic carbocycles. The van der Waals surface area contributed by atoms with Gasteiger partial charge in [-0.3, -0.25) is 4.79 Å². The molecule has 0 saturated carbocycles. The molecule has 2 aliphatic heterocycles. The maximum Gasteiger partial charge on any atom is 0.252 e. The molecule has 0 bridgehead atoms. The summed E-state index contributed by atoms with van der Waals surface area (Å²) in [7, 11) is 0. The average molecular weight is 226 g/mol. The third-order valence-electron chi connectivity index (χ3n) is 3.49. The molecule has 2 saturated heterocycles. The van der Waals surface area contributed by atoms with Crippen LogP contribution in [0.5, 0.6) is 0 Å². The summed E-state index contributed by atoms with van der Waals surface area (Å²) in [5.41, 5.74) is -0.0977. The Bertz CT molecular complexity index is 260. The molecule has 4 heteroatoms. The lowest BCUT2D eigenvalue weighted by atomic mass is 10.0. The Kier molecular flexibility index (Phi) is 3.50. The van der Waals surface area contributed by atoms with Gasteiger partial charge in [0.1, 0.15) is 6.10 Å². The zero-order valence-electron chi connectivity index (χ0n) is 10.3. The molecule has 1 atom stereocenters. The van der Waals surface area contributed by atoms with Crippen LogP contribution >= 0.6 is 0 Å². The summed E-state index contributed by atoms with van der Waals surface area (Å²) in [6.45, 7) is 7.70. The van der Waals surface area contributed by atoms with E-state index in [1.54, 1.807) is 0 Å². The number of amides is 1. The fourth-order valence-electron chi connectivity index (χ4n) is 2.51. The number of nitrogens with one attached hydrogen (secondary N) is 1. The van der Waals surface area contributed by atoms with Crippen LogP contribution in [-0.4, -0.2) is 48.7 Å². The topological polar surface area (TPSA) is 41.6 Å². The van der Waals surface area contributed by atoms with Gasteiger partial charge in [0.05, 0.1) is 0 Å². The maximum absolute atomic E-state index is 12.3. The molecule has 0 radical (unpaired) electrons. The number of ether oxygens (including phenoxy) is 1. The second-order valence-corrected chi connectivity index (χ2v) is 5.33. The lowest BCUT2D eigenvalue weighted by molar-refractivity contribution is -0.145. The van der Waals surface area contributed by atoms with Gasteiger partial charge in [-0.25, -0.2) is 0 Å². The predicted octanol–water partition coefficient (Wildman–Crippen LogP) is 0.766. The zero-order valence-corrected chi connectivity index (χ0v) is 10.3. The van der Waals surface area contributed by atoms with Crippen LogP contribution in [0.2, 0.25) is 0 Å². The van der Waals surface area contributed by atoms with Gasteiger partial charge in [0, 0.05) is 25.2 Å². The van der Waals surface area contributed by atoms with Crippen molar-refractivity contribution in [2.24, 2.45) is 0 Å². The smallest absolute Gasteiger partial charge is 0.252 e. The first-order valence-corrected chi connectivity index (χ1v) is 6.25. The van der Waals surface area contributed by atoms with Crippen molar-refractivity contribution in [3.05, 3.63) is 0 Å². The number of hydrogen-bond donors (Lipinski definition) is 1. The highest BCUT2D eigenvalue weighted by molar-refractivity contribution is 5.82. The monoisotopic (exact) mass is 226 g/mol. The van der Waals surface area contributed by atoms with Crippen molar-refractivity contribution >= 4 is 5.91 Å². The Hall–Kier alpha value is -0.610. The molecule has 16 heavy (non-hydrogen) atoms. The predicted molar refractivity (Wildman–Crippen MR) is 62.3 cm³/mol. The fraction of sp³-hybridized carbons (Fsp3) is 0.917. The van der Waals surface area contributed by atoms with E-state index in [2.05, 4.69) is 19.2 Å². The number of rotatable bonds is 1. The lowest BCUT2D eigenvalue weighted by Gasteiger charge is -2.38. The minimum atomic E-state index is -0.183. The minimum absolute atomic E-state index is 0.0977. The van der Waals surface area contributed by atoms with Gasteiger partial charge in [0.2, 0.25) is 0 Å². The first-order valence-electron chi connectivity index (χ1n) is 6.25. The van der Waals surface area contributed by atoms with Crippen LogP contribution < -0.4 is 5.32 Å². The Labute approximate surface area is 97.3 Å². The maximum atomic E-state index is 12.3. The summed E-state index contributed by atoms with van der Waals surface area (Å²) >= 11 is 0. The molecule has 92 valence electrons. The van der Waals surface area contributed by atoms with Crippen molar-refractivity contribution in [2.45, 2.75) is 44.8 Å². The van der Waals surface area contributed by atoms with E-state index in [1.165, 1.54) is 0 Å². The zero-order chi connectivity index (χ0) is 11.6.